The van der Waals surface area contributed by atoms with Gasteiger partial charge in [-0.1, -0.05) is 5.16 Å². The van der Waals surface area contributed by atoms with Crippen LogP contribution in [0, 0.1) is 6.92 Å². The van der Waals surface area contributed by atoms with Gasteiger partial charge in [0.1, 0.15) is 11.2 Å². The van der Waals surface area contributed by atoms with Crippen molar-refractivity contribution in [2.75, 3.05) is 0 Å². The summed E-state index contributed by atoms with van der Waals surface area (Å²) in [6.45, 7) is 1.94. The summed E-state index contributed by atoms with van der Waals surface area (Å²) in [5, 5.41) is 3.93. The number of hydrogen-bond acceptors (Lipinski definition) is 3. The van der Waals surface area contributed by atoms with Gasteiger partial charge in [0.15, 0.2) is 5.58 Å². The van der Waals surface area contributed by atoms with Gasteiger partial charge in [-0.15, -0.1) is 0 Å². The summed E-state index contributed by atoms with van der Waals surface area (Å²) in [6.07, 6.45) is 4.77. The molecule has 3 heteroatoms. The molecule has 0 radical (unpaired) electrons. The maximum Gasteiger partial charge on any atom is 0.185 e. The van der Waals surface area contributed by atoms with E-state index in [2.05, 4.69) is 16.2 Å². The van der Waals surface area contributed by atoms with Crippen molar-refractivity contribution in [1.29, 1.82) is 0 Å². The molecule has 1 aliphatic carbocycles. The van der Waals surface area contributed by atoms with Gasteiger partial charge in [0.25, 0.3) is 0 Å². The molecule has 1 aliphatic rings. The third-order valence-corrected chi connectivity index (χ3v) is 2.89. The summed E-state index contributed by atoms with van der Waals surface area (Å²) in [7, 11) is 0. The zero-order chi connectivity index (χ0) is 9.54. The van der Waals surface area contributed by atoms with E-state index in [0.717, 1.165) is 29.6 Å². The molecule has 0 N–H and O–H groups in total. The van der Waals surface area contributed by atoms with Gasteiger partial charge >= 0.3 is 0 Å². The van der Waals surface area contributed by atoms with E-state index in [1.165, 1.54) is 24.1 Å². The van der Waals surface area contributed by atoms with Gasteiger partial charge < -0.3 is 4.52 Å². The predicted molar refractivity (Wildman–Crippen MR) is 53.2 cm³/mol. The summed E-state index contributed by atoms with van der Waals surface area (Å²) in [5.74, 6) is 0. The minimum absolute atomic E-state index is 0.836. The monoisotopic (exact) mass is 188 g/mol. The maximum atomic E-state index is 5.20. The maximum absolute atomic E-state index is 5.20. The Balaban J connectivity index is 2.29. The first-order chi connectivity index (χ1) is 6.84. The Labute approximate surface area is 82.1 Å². The molecule has 0 unspecified atom stereocenters. The van der Waals surface area contributed by atoms with Crippen LogP contribution in [0.15, 0.2) is 10.6 Å². The first kappa shape index (κ1) is 7.97. The first-order valence-corrected chi connectivity index (χ1v) is 5.09. The first-order valence-electron chi connectivity index (χ1n) is 5.09. The van der Waals surface area contributed by atoms with Gasteiger partial charge in [0.2, 0.25) is 0 Å². The molecule has 0 saturated carbocycles. The topological polar surface area (TPSA) is 38.9 Å². The van der Waals surface area contributed by atoms with Crippen LogP contribution < -0.4 is 0 Å². The average Bonchev–Trinajstić information content (AvgIpc) is 2.57. The number of rotatable bonds is 0. The Morgan fingerprint density at radius 3 is 3.07 bits per heavy atom. The van der Waals surface area contributed by atoms with Crippen molar-refractivity contribution in [2.24, 2.45) is 0 Å². The predicted octanol–water partition coefficient (Wildman–Crippen LogP) is 2.41. The van der Waals surface area contributed by atoms with Crippen LogP contribution in [-0.4, -0.2) is 10.1 Å². The van der Waals surface area contributed by atoms with Gasteiger partial charge in [-0.3, -0.25) is 0 Å². The van der Waals surface area contributed by atoms with E-state index >= 15 is 0 Å². The molecule has 2 aromatic heterocycles. The fourth-order valence-corrected chi connectivity index (χ4v) is 2.10. The second-order valence-corrected chi connectivity index (χ2v) is 3.92. The van der Waals surface area contributed by atoms with Crippen LogP contribution in [0.4, 0.5) is 0 Å². The van der Waals surface area contributed by atoms with Crippen molar-refractivity contribution in [1.82, 2.24) is 10.1 Å². The summed E-state index contributed by atoms with van der Waals surface area (Å²) in [6, 6.07) is 2.11. The molecule has 14 heavy (non-hydrogen) atoms. The summed E-state index contributed by atoms with van der Waals surface area (Å²) in [4.78, 5) is 4.62. The molecule has 0 aliphatic heterocycles. The Morgan fingerprint density at radius 1 is 1.29 bits per heavy atom. The minimum atomic E-state index is 0.836. The average molecular weight is 188 g/mol. The van der Waals surface area contributed by atoms with Crippen molar-refractivity contribution < 1.29 is 4.52 Å². The second kappa shape index (κ2) is 2.80. The third kappa shape index (κ3) is 1.05. The lowest BCUT2D eigenvalue weighted by atomic mass is 9.96. The van der Waals surface area contributed by atoms with Gasteiger partial charge in [-0.25, -0.2) is 4.98 Å². The van der Waals surface area contributed by atoms with E-state index < -0.39 is 0 Å². The van der Waals surface area contributed by atoms with Crippen molar-refractivity contribution >= 4 is 11.1 Å². The molecular formula is C11H12N2O. The van der Waals surface area contributed by atoms with Crippen molar-refractivity contribution in [3.05, 3.63) is 23.0 Å². The molecule has 3 nitrogen and oxygen atoms in total. The highest BCUT2D eigenvalue weighted by Crippen LogP contribution is 2.24. The van der Waals surface area contributed by atoms with E-state index in [1.54, 1.807) is 0 Å². The van der Waals surface area contributed by atoms with Gasteiger partial charge in [0, 0.05) is 5.69 Å². The molecular weight excluding hydrogens is 176 g/mol. The van der Waals surface area contributed by atoms with E-state index in [4.69, 9.17) is 4.52 Å². The van der Waals surface area contributed by atoms with Gasteiger partial charge in [-0.2, -0.15) is 0 Å². The zero-order valence-corrected chi connectivity index (χ0v) is 8.21. The quantitative estimate of drug-likeness (QED) is 0.637. The molecule has 0 fully saturated rings. The molecule has 3 rings (SSSR count). The highest BCUT2D eigenvalue weighted by Gasteiger charge is 2.14. The molecule has 0 spiro atoms. The SMILES string of the molecule is Cc1noc2cc3c(nc12)CCCC3. The molecule has 2 heterocycles. The molecule has 0 amide bonds. The van der Waals surface area contributed by atoms with Gasteiger partial charge in [0.05, 0.1) is 0 Å². The van der Waals surface area contributed by atoms with Gasteiger partial charge in [-0.05, 0) is 44.2 Å². The fraction of sp³-hybridized carbons (Fsp3) is 0.455. The van der Waals surface area contributed by atoms with E-state index in [0.29, 0.717) is 0 Å². The molecule has 0 bridgehead atoms. The normalized spacial score (nSPS) is 15.8. The van der Waals surface area contributed by atoms with Crippen LogP contribution in [0.3, 0.4) is 0 Å². The third-order valence-electron chi connectivity index (χ3n) is 2.89. The van der Waals surface area contributed by atoms with Crippen LogP contribution in [-0.2, 0) is 12.8 Å². The molecule has 72 valence electrons. The summed E-state index contributed by atoms with van der Waals surface area (Å²) >= 11 is 0. The van der Waals surface area contributed by atoms with Crippen LogP contribution >= 0.6 is 0 Å². The standard InChI is InChI=1S/C11H12N2O/c1-7-11-10(14-13-7)6-8-4-2-3-5-9(8)12-11/h6H,2-5H2,1H3. The number of nitrogens with zero attached hydrogens (tertiary/aromatic N) is 2. The van der Waals surface area contributed by atoms with Crippen molar-refractivity contribution in [3.63, 3.8) is 0 Å². The van der Waals surface area contributed by atoms with Crippen LogP contribution in [0.5, 0.6) is 0 Å². The Kier molecular flexibility index (Phi) is 1.60. The van der Waals surface area contributed by atoms with E-state index in [-0.39, 0.29) is 0 Å². The largest absolute Gasteiger partial charge is 0.354 e. The van der Waals surface area contributed by atoms with Crippen molar-refractivity contribution in [2.45, 2.75) is 32.6 Å². The zero-order valence-electron chi connectivity index (χ0n) is 8.21. The fourth-order valence-electron chi connectivity index (χ4n) is 2.10. The summed E-state index contributed by atoms with van der Waals surface area (Å²) < 4.78 is 5.20. The Hall–Kier alpha value is -1.38. The Bertz CT molecular complexity index is 487. The summed E-state index contributed by atoms with van der Waals surface area (Å²) in [5.41, 5.74) is 5.26. The molecule has 0 saturated heterocycles. The number of hydrogen-bond donors (Lipinski definition) is 0. The lowest BCUT2D eigenvalue weighted by molar-refractivity contribution is 0.450. The number of aryl methyl sites for hydroxylation is 3. The Morgan fingerprint density at radius 2 is 2.14 bits per heavy atom. The van der Waals surface area contributed by atoms with E-state index in [9.17, 15) is 0 Å². The lowest BCUT2D eigenvalue weighted by Gasteiger charge is -2.13. The van der Waals surface area contributed by atoms with E-state index in [1.807, 2.05) is 6.92 Å². The molecule has 0 aromatic carbocycles. The highest BCUT2D eigenvalue weighted by molar-refractivity contribution is 5.75. The molecule has 0 atom stereocenters. The minimum Gasteiger partial charge on any atom is -0.354 e. The number of pyridine rings is 1. The smallest absolute Gasteiger partial charge is 0.185 e. The molecule has 2 aromatic rings. The van der Waals surface area contributed by atoms with Crippen molar-refractivity contribution in [3.8, 4) is 0 Å². The highest BCUT2D eigenvalue weighted by atomic mass is 16.5. The lowest BCUT2D eigenvalue weighted by Crippen LogP contribution is -2.04. The van der Waals surface area contributed by atoms with Crippen LogP contribution in [0.25, 0.3) is 11.1 Å². The second-order valence-electron chi connectivity index (χ2n) is 3.92. The van der Waals surface area contributed by atoms with Crippen LogP contribution in [0.1, 0.15) is 29.8 Å². The van der Waals surface area contributed by atoms with Crippen LogP contribution in [0.2, 0.25) is 0 Å². The number of aromatic nitrogens is 2. The number of fused-ring (bicyclic) bond motifs is 2.